The van der Waals surface area contributed by atoms with Crippen LogP contribution in [0.2, 0.25) is 0 Å². The number of rotatable bonds is 7. The zero-order valence-electron chi connectivity index (χ0n) is 30.1. The molecule has 1 N–H and O–H groups in total. The Labute approximate surface area is 312 Å². The Hall–Kier alpha value is -5.19. The fourth-order valence-electron chi connectivity index (χ4n) is 7.77. The molecular weight excluding hydrogens is 688 g/mol. The van der Waals surface area contributed by atoms with Crippen LogP contribution in [0.1, 0.15) is 71.2 Å². The van der Waals surface area contributed by atoms with Crippen LogP contribution in [0.25, 0.3) is 10.4 Å². The molecule has 0 aliphatic carbocycles. The van der Waals surface area contributed by atoms with Crippen LogP contribution >= 0.6 is 11.3 Å². The van der Waals surface area contributed by atoms with Gasteiger partial charge < -0.3 is 19.9 Å². The molecule has 2 aromatic heterocycles. The summed E-state index contributed by atoms with van der Waals surface area (Å²) in [4.78, 5) is 51.5. The summed E-state index contributed by atoms with van der Waals surface area (Å²) in [7, 11) is 0. The Morgan fingerprint density at radius 1 is 0.925 bits per heavy atom. The summed E-state index contributed by atoms with van der Waals surface area (Å²) in [5.41, 5.74) is 7.53. The number of hydrogen-bond donors (Lipinski definition) is 1. The summed E-state index contributed by atoms with van der Waals surface area (Å²) in [6, 6.07) is 23.4. The molecule has 1 spiro atoms. The Morgan fingerprint density at radius 3 is 2.43 bits per heavy atom. The van der Waals surface area contributed by atoms with Crippen LogP contribution in [0.5, 0.6) is 0 Å². The first-order valence-corrected chi connectivity index (χ1v) is 18.9. The molecule has 0 radical (unpaired) electrons. The number of anilines is 3. The number of carbonyl (C=O) groups excluding carboxylic acids is 3. The number of nitrogens with one attached hydrogen (secondary N) is 1. The predicted molar refractivity (Wildman–Crippen MR) is 207 cm³/mol. The maximum atomic E-state index is 14.5. The number of benzene rings is 3. The first-order valence-electron chi connectivity index (χ1n) is 18.1. The van der Waals surface area contributed by atoms with Gasteiger partial charge in [-0.05, 0) is 111 Å². The van der Waals surface area contributed by atoms with Crippen molar-refractivity contribution in [1.29, 1.82) is 0 Å². The normalized spacial score (nSPS) is 16.0. The van der Waals surface area contributed by atoms with Gasteiger partial charge in [0.2, 0.25) is 0 Å². The van der Waals surface area contributed by atoms with E-state index in [4.69, 9.17) is 9.72 Å². The first-order chi connectivity index (χ1) is 25.6. The first kappa shape index (κ1) is 34.9. The van der Waals surface area contributed by atoms with Gasteiger partial charge in [0.05, 0.1) is 16.1 Å². The third-order valence-electron chi connectivity index (χ3n) is 11.0. The van der Waals surface area contributed by atoms with E-state index in [0.717, 1.165) is 77.7 Å². The Kier molecular flexibility index (Phi) is 9.20. The minimum Gasteiger partial charge on any atom is -0.381 e. The van der Waals surface area contributed by atoms with E-state index in [-0.39, 0.29) is 35.3 Å². The molecule has 8 rings (SSSR count). The molecule has 0 saturated carbocycles. The fraction of sp³-hybridized carbons (Fsp3) is 0.302. The Balaban J connectivity index is 0.983. The fourth-order valence-corrected chi connectivity index (χ4v) is 8.95. The maximum Gasteiger partial charge on any atom is 0.259 e. The minimum atomic E-state index is -0.370. The zero-order valence-corrected chi connectivity index (χ0v) is 30.9. The van der Waals surface area contributed by atoms with Gasteiger partial charge >= 0.3 is 0 Å². The van der Waals surface area contributed by atoms with Gasteiger partial charge in [0, 0.05) is 72.1 Å². The molecule has 0 unspecified atom stereocenters. The number of nitrogens with zero attached hydrogens (tertiary/aromatic N) is 3. The van der Waals surface area contributed by atoms with Gasteiger partial charge in [0.15, 0.2) is 5.78 Å². The molecule has 2 fully saturated rings. The molecule has 5 aromatic rings. The topological polar surface area (TPSA) is 91.8 Å². The van der Waals surface area contributed by atoms with Gasteiger partial charge in [-0.15, -0.1) is 11.3 Å². The molecule has 0 atom stereocenters. The van der Waals surface area contributed by atoms with Crippen LogP contribution in [-0.4, -0.2) is 55.4 Å². The van der Waals surface area contributed by atoms with Crippen molar-refractivity contribution < 1.29 is 23.5 Å². The average molecular weight is 729 g/mol. The van der Waals surface area contributed by atoms with Gasteiger partial charge in [-0.3, -0.25) is 14.4 Å². The van der Waals surface area contributed by atoms with Gasteiger partial charge in [0.25, 0.3) is 11.8 Å². The van der Waals surface area contributed by atoms with E-state index in [1.54, 1.807) is 35.2 Å². The molecule has 3 aromatic carbocycles. The molecule has 3 aliphatic heterocycles. The van der Waals surface area contributed by atoms with Gasteiger partial charge in [-0.2, -0.15) is 0 Å². The number of Topliss-reactive ketones (excluding diaryl/α,β-unsaturated/α-hetero) is 1. The predicted octanol–water partition coefficient (Wildman–Crippen LogP) is 8.37. The lowest BCUT2D eigenvalue weighted by Gasteiger charge is -2.53. The second kappa shape index (κ2) is 14.0. The van der Waals surface area contributed by atoms with Crippen molar-refractivity contribution >= 4 is 46.1 Å². The quantitative estimate of drug-likeness (QED) is 0.170. The van der Waals surface area contributed by atoms with Gasteiger partial charge in [0.1, 0.15) is 11.6 Å². The van der Waals surface area contributed by atoms with Crippen molar-refractivity contribution in [3.8, 4) is 10.4 Å². The summed E-state index contributed by atoms with van der Waals surface area (Å²) < 4.78 is 20.1. The number of thiophene rings is 1. The van der Waals surface area contributed by atoms with Crippen LogP contribution in [0.15, 0.2) is 78.9 Å². The molecule has 3 aliphatic rings. The second-order valence-electron chi connectivity index (χ2n) is 14.6. The second-order valence-corrected chi connectivity index (χ2v) is 15.6. The lowest BCUT2D eigenvalue weighted by molar-refractivity contribution is -0.000520. The number of aromatic nitrogens is 1. The molecule has 8 nitrogen and oxygen atoms in total. The van der Waals surface area contributed by atoms with E-state index in [1.165, 1.54) is 17.4 Å². The van der Waals surface area contributed by atoms with Crippen molar-refractivity contribution in [3.05, 3.63) is 129 Å². The summed E-state index contributed by atoms with van der Waals surface area (Å²) in [5, 5.41) is 3.04. The van der Waals surface area contributed by atoms with Crippen LogP contribution < -0.4 is 15.1 Å². The van der Waals surface area contributed by atoms with Crippen molar-refractivity contribution in [2.24, 2.45) is 5.41 Å². The number of halogens is 1. The molecule has 2 amide bonds. The van der Waals surface area contributed by atoms with Crippen molar-refractivity contribution in [3.63, 3.8) is 0 Å². The van der Waals surface area contributed by atoms with Crippen LogP contribution in [0, 0.1) is 32.0 Å². The molecule has 10 heteroatoms. The van der Waals surface area contributed by atoms with Crippen molar-refractivity contribution in [2.75, 3.05) is 48.0 Å². The van der Waals surface area contributed by atoms with E-state index in [1.807, 2.05) is 63.2 Å². The minimum absolute atomic E-state index is 0.00141. The Morgan fingerprint density at radius 2 is 1.68 bits per heavy atom. The molecule has 2 saturated heterocycles. The average Bonchev–Trinajstić information content (AvgIpc) is 3.51. The molecule has 53 heavy (non-hydrogen) atoms. The number of para-hydroxylation sites is 1. The summed E-state index contributed by atoms with van der Waals surface area (Å²) in [5.74, 6) is -0.179. The molecular formula is C43H41FN4O4S. The SMILES string of the molecule is Cc1cc(C(=O)Nc2ccc(C(=O)N3CCc4cc(C(=O)Cc5c(C)cccc5F)sc4-c4ccccc43)cc2)c(N2CC3(CCOCC3)C2)nc1C. The number of amides is 2. The van der Waals surface area contributed by atoms with Gasteiger partial charge in [-0.25, -0.2) is 9.37 Å². The molecule has 270 valence electrons. The van der Waals surface area contributed by atoms with E-state index >= 15 is 0 Å². The third kappa shape index (κ3) is 6.66. The zero-order chi connectivity index (χ0) is 36.9. The van der Waals surface area contributed by atoms with Crippen LogP contribution in [0.4, 0.5) is 21.6 Å². The van der Waals surface area contributed by atoms with Crippen molar-refractivity contribution in [2.45, 2.75) is 46.5 Å². The summed E-state index contributed by atoms with van der Waals surface area (Å²) in [6.07, 6.45) is 2.61. The highest BCUT2D eigenvalue weighted by atomic mass is 32.1. The monoisotopic (exact) mass is 728 g/mol. The number of hydrogen-bond acceptors (Lipinski definition) is 7. The number of ether oxygens (including phenoxy) is 1. The lowest BCUT2D eigenvalue weighted by Crippen LogP contribution is -2.59. The largest absolute Gasteiger partial charge is 0.381 e. The highest BCUT2D eigenvalue weighted by molar-refractivity contribution is 7.17. The highest BCUT2D eigenvalue weighted by Gasteiger charge is 2.45. The third-order valence-corrected chi connectivity index (χ3v) is 12.3. The molecule has 0 bridgehead atoms. The number of fused-ring (bicyclic) bond motifs is 3. The van der Waals surface area contributed by atoms with Crippen LogP contribution in [0.3, 0.4) is 0 Å². The maximum absolute atomic E-state index is 14.5. The standard InChI is InChI=1S/C43H41FN4O4S/c1-26-7-6-9-35(44)33(26)23-37(49)38-22-30-15-18-48(36-10-5-4-8-32(36)39(30)53-38)42(51)29-11-13-31(14-12-29)46-41(50)34-21-27(2)28(3)45-40(34)47-24-43(25-47)16-19-52-20-17-43/h4-14,21-22H,15-20,23-25H2,1-3H3,(H,46,50). The molecule has 5 heterocycles. The Bertz CT molecular complexity index is 2230. The summed E-state index contributed by atoms with van der Waals surface area (Å²) >= 11 is 1.40. The van der Waals surface area contributed by atoms with Crippen LogP contribution in [-0.2, 0) is 17.6 Å². The van der Waals surface area contributed by atoms with E-state index in [2.05, 4.69) is 10.2 Å². The number of pyridine rings is 1. The van der Waals surface area contributed by atoms with Gasteiger partial charge in [-0.1, -0.05) is 30.3 Å². The number of carbonyl (C=O) groups is 3. The van der Waals surface area contributed by atoms with E-state index in [0.29, 0.717) is 46.0 Å². The van der Waals surface area contributed by atoms with Crippen molar-refractivity contribution in [1.82, 2.24) is 4.98 Å². The number of ketones is 1. The lowest BCUT2D eigenvalue weighted by atomic mass is 9.73. The van der Waals surface area contributed by atoms with E-state index < -0.39 is 0 Å². The number of aryl methyl sites for hydroxylation is 3. The smallest absolute Gasteiger partial charge is 0.259 e. The summed E-state index contributed by atoms with van der Waals surface area (Å²) in [6.45, 7) is 9.46. The van der Waals surface area contributed by atoms with E-state index in [9.17, 15) is 18.8 Å². The highest BCUT2D eigenvalue weighted by Crippen LogP contribution is 2.44.